The van der Waals surface area contributed by atoms with E-state index in [1.54, 1.807) is 6.08 Å². The lowest BCUT2D eigenvalue weighted by Gasteiger charge is -2.17. The van der Waals surface area contributed by atoms with E-state index < -0.39 is 5.79 Å². The molecule has 1 saturated heterocycles. The fourth-order valence-electron chi connectivity index (χ4n) is 1.68. The Hall–Kier alpha value is -0.190. The molecule has 0 amide bonds. The highest BCUT2D eigenvalue weighted by Gasteiger charge is 2.43. The van der Waals surface area contributed by atoms with Crippen molar-refractivity contribution in [3.63, 3.8) is 0 Å². The van der Waals surface area contributed by atoms with E-state index in [0.717, 1.165) is 0 Å². The molecule has 0 unspecified atom stereocenters. The second-order valence-electron chi connectivity index (χ2n) is 3.78. The monoisotopic (exact) mass is 246 g/mol. The van der Waals surface area contributed by atoms with Gasteiger partial charge in [0, 0.05) is 6.42 Å². The van der Waals surface area contributed by atoms with Gasteiger partial charge in [-0.2, -0.15) is 0 Å². The first kappa shape index (κ1) is 9.37. The van der Waals surface area contributed by atoms with Gasteiger partial charge in [0.25, 0.3) is 0 Å². The number of ketones is 1. The second kappa shape index (κ2) is 2.90. The van der Waals surface area contributed by atoms with E-state index in [1.807, 2.05) is 13.8 Å². The molecule has 13 heavy (non-hydrogen) atoms. The Bertz CT molecular complexity index is 283. The molecule has 3 nitrogen and oxygen atoms in total. The number of ether oxygens (including phenoxy) is 2. The van der Waals surface area contributed by atoms with Crippen molar-refractivity contribution < 1.29 is 14.3 Å². The minimum absolute atomic E-state index is 0.0814. The number of hydrogen-bond acceptors (Lipinski definition) is 3. The van der Waals surface area contributed by atoms with Crippen molar-refractivity contribution in [1.29, 1.82) is 0 Å². The number of carbonyl (C=O) groups is 1. The number of allylic oxidation sites excluding steroid dienone is 1. The van der Waals surface area contributed by atoms with Gasteiger partial charge in [0.15, 0.2) is 11.6 Å². The van der Waals surface area contributed by atoms with Crippen LogP contribution in [0.5, 0.6) is 0 Å². The molecule has 0 saturated carbocycles. The lowest BCUT2D eigenvalue weighted by molar-refractivity contribution is -0.144. The number of carbonyl (C=O) groups excluding carboxylic acids is 1. The van der Waals surface area contributed by atoms with Crippen LogP contribution < -0.4 is 0 Å². The summed E-state index contributed by atoms with van der Waals surface area (Å²) in [6, 6.07) is 0. The summed E-state index contributed by atoms with van der Waals surface area (Å²) in [6.45, 7) is 3.72. The smallest absolute Gasteiger partial charge is 0.172 e. The molecule has 2 rings (SSSR count). The summed E-state index contributed by atoms with van der Waals surface area (Å²) in [5, 5.41) is 0. The molecule has 0 aromatic rings. The quantitative estimate of drug-likeness (QED) is 0.654. The van der Waals surface area contributed by atoms with E-state index in [0.29, 0.717) is 10.9 Å². The molecule has 72 valence electrons. The Morgan fingerprint density at radius 3 is 2.92 bits per heavy atom. The average Bonchev–Trinajstić information content (AvgIpc) is 2.24. The molecule has 1 aliphatic heterocycles. The third-order valence-corrected chi connectivity index (χ3v) is 2.89. The van der Waals surface area contributed by atoms with Gasteiger partial charge >= 0.3 is 0 Å². The first-order valence-corrected chi connectivity index (χ1v) is 5.03. The first-order chi connectivity index (χ1) is 5.98. The zero-order chi connectivity index (χ0) is 9.64. The maximum atomic E-state index is 11.3. The van der Waals surface area contributed by atoms with E-state index in [4.69, 9.17) is 9.47 Å². The first-order valence-electron chi connectivity index (χ1n) is 4.24. The summed E-state index contributed by atoms with van der Waals surface area (Å²) in [4.78, 5) is 11.3. The van der Waals surface area contributed by atoms with Crippen LogP contribution in [-0.2, 0) is 14.3 Å². The molecule has 2 atom stereocenters. The zero-order valence-corrected chi connectivity index (χ0v) is 9.13. The van der Waals surface area contributed by atoms with Crippen molar-refractivity contribution in [1.82, 2.24) is 0 Å². The van der Waals surface area contributed by atoms with Crippen LogP contribution in [0, 0.1) is 0 Å². The Morgan fingerprint density at radius 2 is 2.23 bits per heavy atom. The minimum atomic E-state index is -0.566. The van der Waals surface area contributed by atoms with Crippen LogP contribution in [-0.4, -0.2) is 23.8 Å². The standard InChI is InChI=1S/C9H11BrO3/c1-9(2)12-7-3-5(10)6(11)4-8(7)13-9/h3,7-8H,4H2,1-2H3/t7-,8+/m0/s1. The van der Waals surface area contributed by atoms with E-state index in [1.165, 1.54) is 0 Å². The zero-order valence-electron chi connectivity index (χ0n) is 7.54. The highest BCUT2D eigenvalue weighted by Crippen LogP contribution is 2.35. The van der Waals surface area contributed by atoms with E-state index in [-0.39, 0.29) is 18.0 Å². The average molecular weight is 247 g/mol. The summed E-state index contributed by atoms with van der Waals surface area (Å²) in [6.07, 6.45) is 2.00. The molecule has 1 fully saturated rings. The third-order valence-electron chi connectivity index (χ3n) is 2.19. The Kier molecular flexibility index (Phi) is 2.09. The predicted molar refractivity (Wildman–Crippen MR) is 50.5 cm³/mol. The Morgan fingerprint density at radius 1 is 1.54 bits per heavy atom. The molecule has 0 aromatic heterocycles. The molecular formula is C9H11BrO3. The van der Waals surface area contributed by atoms with Gasteiger partial charge in [0.2, 0.25) is 0 Å². The van der Waals surface area contributed by atoms with Crippen molar-refractivity contribution in [3.8, 4) is 0 Å². The van der Waals surface area contributed by atoms with Crippen LogP contribution in [0.3, 0.4) is 0 Å². The van der Waals surface area contributed by atoms with Crippen LogP contribution in [0.2, 0.25) is 0 Å². The van der Waals surface area contributed by atoms with Crippen LogP contribution >= 0.6 is 15.9 Å². The van der Waals surface area contributed by atoms with Crippen LogP contribution in [0.25, 0.3) is 0 Å². The van der Waals surface area contributed by atoms with Crippen molar-refractivity contribution in [3.05, 3.63) is 10.6 Å². The fraction of sp³-hybridized carbons (Fsp3) is 0.667. The summed E-state index contributed by atoms with van der Waals surface area (Å²) in [5.74, 6) is -0.480. The van der Waals surface area contributed by atoms with Gasteiger partial charge in [0.05, 0.1) is 10.6 Å². The molecule has 0 bridgehead atoms. The van der Waals surface area contributed by atoms with Crippen LogP contribution in [0.1, 0.15) is 20.3 Å². The van der Waals surface area contributed by atoms with E-state index >= 15 is 0 Å². The summed E-state index contributed by atoms with van der Waals surface area (Å²) in [7, 11) is 0. The molecule has 2 aliphatic rings. The van der Waals surface area contributed by atoms with Gasteiger partial charge in [-0.1, -0.05) is 0 Å². The number of hydrogen-bond donors (Lipinski definition) is 0. The molecule has 0 spiro atoms. The predicted octanol–water partition coefficient (Wildman–Crippen LogP) is 1.76. The number of fused-ring (bicyclic) bond motifs is 1. The Balaban J connectivity index is 2.22. The number of halogens is 1. The Labute approximate surface area is 85.2 Å². The molecule has 0 aromatic carbocycles. The van der Waals surface area contributed by atoms with Gasteiger partial charge in [-0.25, -0.2) is 0 Å². The van der Waals surface area contributed by atoms with Crippen LogP contribution in [0.15, 0.2) is 10.6 Å². The van der Waals surface area contributed by atoms with Crippen molar-refractivity contribution in [2.24, 2.45) is 0 Å². The lowest BCUT2D eigenvalue weighted by Crippen LogP contribution is -2.28. The fourth-order valence-corrected chi connectivity index (χ4v) is 2.10. The molecule has 0 radical (unpaired) electrons. The highest BCUT2D eigenvalue weighted by atomic mass is 79.9. The van der Waals surface area contributed by atoms with Gasteiger partial charge in [-0.15, -0.1) is 0 Å². The van der Waals surface area contributed by atoms with E-state index in [9.17, 15) is 4.79 Å². The number of Topliss-reactive ketones (excluding diaryl/α,β-unsaturated/α-hetero) is 1. The van der Waals surface area contributed by atoms with Crippen LogP contribution in [0.4, 0.5) is 0 Å². The molecule has 1 aliphatic carbocycles. The normalized spacial score (nSPS) is 37.2. The van der Waals surface area contributed by atoms with Gasteiger partial charge in [-0.05, 0) is 35.9 Å². The van der Waals surface area contributed by atoms with Gasteiger partial charge in [-0.3, -0.25) is 4.79 Å². The lowest BCUT2D eigenvalue weighted by atomic mass is 10.0. The largest absolute Gasteiger partial charge is 0.344 e. The van der Waals surface area contributed by atoms with Crippen molar-refractivity contribution >= 4 is 21.7 Å². The SMILES string of the molecule is CC1(C)O[C@H]2C=C(Br)C(=O)C[C@H]2O1. The van der Waals surface area contributed by atoms with Gasteiger partial charge in [0.1, 0.15) is 6.10 Å². The second-order valence-corrected chi connectivity index (χ2v) is 4.63. The highest BCUT2D eigenvalue weighted by molar-refractivity contribution is 9.12. The maximum Gasteiger partial charge on any atom is 0.172 e. The molecular weight excluding hydrogens is 236 g/mol. The maximum absolute atomic E-state index is 11.3. The third kappa shape index (κ3) is 1.71. The van der Waals surface area contributed by atoms with Crippen molar-refractivity contribution in [2.45, 2.75) is 38.3 Å². The summed E-state index contributed by atoms with van der Waals surface area (Å²) < 4.78 is 11.8. The van der Waals surface area contributed by atoms with E-state index in [2.05, 4.69) is 15.9 Å². The summed E-state index contributed by atoms with van der Waals surface area (Å²) in [5.41, 5.74) is 0. The van der Waals surface area contributed by atoms with Gasteiger partial charge < -0.3 is 9.47 Å². The molecule has 1 heterocycles. The topological polar surface area (TPSA) is 35.5 Å². The number of rotatable bonds is 0. The minimum Gasteiger partial charge on any atom is -0.344 e. The summed E-state index contributed by atoms with van der Waals surface area (Å²) >= 11 is 3.20. The van der Waals surface area contributed by atoms with Crippen molar-refractivity contribution in [2.75, 3.05) is 0 Å². The molecule has 0 N–H and O–H groups in total. The molecule has 4 heteroatoms.